The largest absolute Gasteiger partial charge is 0.356 e. The number of fused-ring (bicyclic) bond motifs is 8. The van der Waals surface area contributed by atoms with Crippen molar-refractivity contribution in [3.63, 3.8) is 0 Å². The van der Waals surface area contributed by atoms with Crippen LogP contribution in [0.1, 0.15) is 45.0 Å². The summed E-state index contributed by atoms with van der Waals surface area (Å²) < 4.78 is 48.7. The number of hydrogen-bond donors (Lipinski definition) is 12. The summed E-state index contributed by atoms with van der Waals surface area (Å²) in [7, 11) is -18.3. The zero-order chi connectivity index (χ0) is 45.3. The molecule has 0 aliphatic carbocycles. The number of hydrogen-bond acceptors (Lipinski definition) is 4. The minimum Gasteiger partial charge on any atom is -0.354 e. The molecular formula is C44H36N4O12P4. The number of benzene rings is 4. The van der Waals surface area contributed by atoms with Gasteiger partial charge in [0.2, 0.25) is 0 Å². The number of aromatic amines is 4. The number of H-pyrrole nitrogens is 4. The smallest absolute Gasteiger partial charge is 0.354 e. The van der Waals surface area contributed by atoms with Crippen LogP contribution in [0.4, 0.5) is 0 Å². The van der Waals surface area contributed by atoms with Crippen LogP contribution in [0.25, 0.3) is 22.3 Å². The van der Waals surface area contributed by atoms with Crippen LogP contribution in [0.2, 0.25) is 0 Å². The summed E-state index contributed by atoms with van der Waals surface area (Å²) >= 11 is 0. The van der Waals surface area contributed by atoms with Gasteiger partial charge in [0.1, 0.15) is 0 Å². The standard InChI is InChI=1S/C44H36N4O12P4/c49-61(50,51)29-9-1-25(2-10-29)41-33-17-19-35(45-33)42(26-3-11-30(12-4-26)62(52,53)54)37-21-23-39(47-37)44(28-7-15-32(16-8-28)64(58,59)60)40-24-22-38(48-40)43(36-20-18-34(41)46-36)27-5-13-31(14-6-27)63(55,56)57/h1-24,45-48H,(H2,49,50,51)(H2,52,53,54)(H2,55,56,57)(H2,58,59,60). The first kappa shape index (κ1) is 43.3. The Hall–Kier alpha value is -5.92. The van der Waals surface area contributed by atoms with Gasteiger partial charge in [-0.05, 0) is 119 Å². The average molecular weight is 937 g/mol. The molecule has 0 saturated heterocycles. The van der Waals surface area contributed by atoms with E-state index < -0.39 is 30.4 Å². The van der Waals surface area contributed by atoms with Crippen molar-refractivity contribution in [2.24, 2.45) is 0 Å². The fourth-order valence-electron chi connectivity index (χ4n) is 7.86. The Morgan fingerprint density at radius 1 is 0.250 bits per heavy atom. The van der Waals surface area contributed by atoms with Crippen LogP contribution in [0.3, 0.4) is 0 Å². The summed E-state index contributed by atoms with van der Waals surface area (Å²) in [6, 6.07) is 38.2. The van der Waals surface area contributed by atoms with Crippen LogP contribution in [0.15, 0.2) is 146 Å². The minimum atomic E-state index is -4.58. The lowest BCUT2D eigenvalue weighted by molar-refractivity contribution is 0.385. The molecule has 1 aliphatic heterocycles. The Morgan fingerprint density at radius 2 is 0.438 bits per heavy atom. The second kappa shape index (κ2) is 16.0. The third kappa shape index (κ3) is 8.43. The summed E-state index contributed by atoms with van der Waals surface area (Å²) in [6.07, 6.45) is 0. The molecule has 1 aliphatic rings. The number of aromatic nitrogens is 4. The SMILES string of the molecule is O=P(O)(O)c1ccc(C2=c3ccc([nH]3)=C(c3ccc(P(=O)(O)O)cc3)c3ccc([nH]3)C(c3ccc(P(=O)(O)O)cc3)=c3ccc([nH]3)=C(c3ccc(P(=O)(O)O)cc3)c3ccc2[nH]3)cc1. The summed E-state index contributed by atoms with van der Waals surface area (Å²) in [4.78, 5) is 93.4. The predicted molar refractivity (Wildman–Crippen MR) is 241 cm³/mol. The normalized spacial score (nSPS) is 13.8. The topological polar surface area (TPSA) is 293 Å². The molecule has 0 radical (unpaired) electrons. The zero-order valence-electron chi connectivity index (χ0n) is 32.9. The molecule has 0 unspecified atom stereocenters. The van der Waals surface area contributed by atoms with E-state index in [9.17, 15) is 57.4 Å². The Morgan fingerprint density at radius 3 is 0.609 bits per heavy atom. The maximum absolute atomic E-state index is 12.2. The van der Waals surface area contributed by atoms with Gasteiger partial charge in [0.25, 0.3) is 0 Å². The molecule has 20 heteroatoms. The molecule has 16 nitrogen and oxygen atoms in total. The first-order valence-corrected chi connectivity index (χ1v) is 25.6. The first-order chi connectivity index (χ1) is 30.2. The van der Waals surface area contributed by atoms with Crippen molar-refractivity contribution in [2.75, 3.05) is 0 Å². The fraction of sp³-hybridized carbons (Fsp3) is 0. The summed E-state index contributed by atoms with van der Waals surface area (Å²) in [5, 5.41) is 1.59. The number of nitrogens with one attached hydrogen (secondary N) is 4. The highest BCUT2D eigenvalue weighted by Gasteiger charge is 2.23. The van der Waals surface area contributed by atoms with Crippen LogP contribution >= 0.6 is 30.4 Å². The van der Waals surface area contributed by atoms with Crippen LogP contribution < -0.4 is 42.6 Å². The Bertz CT molecular complexity index is 3120. The highest BCUT2D eigenvalue weighted by molar-refractivity contribution is 7.61. The number of rotatable bonds is 8. The maximum Gasteiger partial charge on any atom is 0.356 e. The molecule has 5 heterocycles. The molecule has 0 spiro atoms. The quantitative estimate of drug-likeness (QED) is 0.0967. The third-order valence-electron chi connectivity index (χ3n) is 10.9. The van der Waals surface area contributed by atoms with E-state index in [1.165, 1.54) is 48.5 Å². The second-order valence-corrected chi connectivity index (χ2v) is 21.4. The van der Waals surface area contributed by atoms with Gasteiger partial charge in [-0.2, -0.15) is 0 Å². The summed E-state index contributed by atoms with van der Waals surface area (Å²) in [5.41, 5.74) is 7.00. The van der Waals surface area contributed by atoms with Gasteiger partial charge in [-0.3, -0.25) is 18.3 Å². The van der Waals surface area contributed by atoms with E-state index in [1.807, 2.05) is 48.5 Å². The molecule has 324 valence electrons. The van der Waals surface area contributed by atoms with Crippen molar-refractivity contribution in [3.05, 3.63) is 212 Å². The summed E-state index contributed by atoms with van der Waals surface area (Å²) in [6.45, 7) is 0. The molecular weight excluding hydrogens is 900 g/mol. The molecule has 64 heavy (non-hydrogen) atoms. The lowest BCUT2D eigenvalue weighted by atomic mass is 10.0. The summed E-state index contributed by atoms with van der Waals surface area (Å²) in [5.74, 6) is 0. The Labute approximate surface area is 362 Å². The van der Waals surface area contributed by atoms with Gasteiger partial charge < -0.3 is 59.1 Å². The predicted octanol–water partition coefficient (Wildman–Crippen LogP) is 1.51. The highest BCUT2D eigenvalue weighted by atomic mass is 31.2. The van der Waals surface area contributed by atoms with E-state index >= 15 is 0 Å². The first-order valence-electron chi connectivity index (χ1n) is 19.2. The van der Waals surface area contributed by atoms with E-state index in [-0.39, 0.29) is 21.2 Å². The van der Waals surface area contributed by atoms with Gasteiger partial charge in [-0.15, -0.1) is 0 Å². The maximum atomic E-state index is 12.2. The molecule has 4 aromatic carbocycles. The van der Waals surface area contributed by atoms with Crippen LogP contribution in [0.5, 0.6) is 0 Å². The van der Waals surface area contributed by atoms with Gasteiger partial charge in [0.05, 0.1) is 21.2 Å². The lowest BCUT2D eigenvalue weighted by Gasteiger charge is -2.11. The molecule has 0 fully saturated rings. The molecule has 8 aromatic rings. The minimum absolute atomic E-state index is 0.174. The van der Waals surface area contributed by atoms with Crippen molar-refractivity contribution in [1.29, 1.82) is 0 Å². The molecule has 4 aromatic heterocycles. The Kier molecular flexibility index (Phi) is 10.8. The molecule has 0 saturated carbocycles. The van der Waals surface area contributed by atoms with Crippen LogP contribution in [-0.2, 0) is 18.3 Å². The van der Waals surface area contributed by atoms with Gasteiger partial charge in [0.15, 0.2) is 0 Å². The van der Waals surface area contributed by atoms with Gasteiger partial charge >= 0.3 is 30.4 Å². The van der Waals surface area contributed by atoms with E-state index in [1.54, 1.807) is 48.5 Å². The van der Waals surface area contributed by atoms with Gasteiger partial charge in [-0.1, -0.05) is 48.5 Å². The van der Waals surface area contributed by atoms with Crippen LogP contribution in [0, 0.1) is 0 Å². The van der Waals surface area contributed by atoms with Crippen molar-refractivity contribution in [2.45, 2.75) is 0 Å². The highest BCUT2D eigenvalue weighted by Crippen LogP contribution is 2.37. The van der Waals surface area contributed by atoms with E-state index in [0.717, 1.165) is 0 Å². The molecule has 9 rings (SSSR count). The second-order valence-electron chi connectivity index (χ2n) is 15.0. The molecule has 0 atom stereocenters. The fourth-order valence-corrected chi connectivity index (χ4v) is 10.0. The third-order valence-corrected chi connectivity index (χ3v) is 14.8. The van der Waals surface area contributed by atoms with Crippen molar-refractivity contribution >= 4 is 73.9 Å². The van der Waals surface area contributed by atoms with E-state index in [2.05, 4.69) is 19.9 Å². The van der Waals surface area contributed by atoms with Crippen molar-refractivity contribution in [3.8, 4) is 0 Å². The lowest BCUT2D eigenvalue weighted by Crippen LogP contribution is -2.19. The van der Waals surface area contributed by atoms with Gasteiger partial charge in [0, 0.05) is 66.5 Å². The monoisotopic (exact) mass is 936 g/mol. The van der Waals surface area contributed by atoms with Crippen LogP contribution in [-0.4, -0.2) is 59.1 Å². The van der Waals surface area contributed by atoms with E-state index in [4.69, 9.17) is 0 Å². The van der Waals surface area contributed by atoms with Crippen molar-refractivity contribution < 1.29 is 57.4 Å². The average Bonchev–Trinajstić information content (AvgIpc) is 4.08. The molecule has 8 bridgehead atoms. The van der Waals surface area contributed by atoms with Crippen molar-refractivity contribution in [1.82, 2.24) is 19.9 Å². The Balaban J connectivity index is 1.39. The van der Waals surface area contributed by atoms with Gasteiger partial charge in [-0.25, -0.2) is 0 Å². The molecule has 0 amide bonds. The molecule has 12 N–H and O–H groups in total. The van der Waals surface area contributed by atoms with E-state index in [0.29, 0.717) is 88.7 Å². The zero-order valence-corrected chi connectivity index (χ0v) is 36.4.